The van der Waals surface area contributed by atoms with Crippen LogP contribution in [0.1, 0.15) is 20.8 Å². The molecule has 0 aliphatic rings. The minimum absolute atomic E-state index is 0.0824. The number of thioether (sulfide) groups is 1. The molecule has 0 saturated heterocycles. The summed E-state index contributed by atoms with van der Waals surface area (Å²) in [6.07, 6.45) is 0. The molecule has 1 unspecified atom stereocenters. The van der Waals surface area contributed by atoms with Gasteiger partial charge in [-0.2, -0.15) is 11.8 Å². The molecule has 0 spiro atoms. The first-order valence-corrected chi connectivity index (χ1v) is 5.81. The Morgan fingerprint density at radius 2 is 2.08 bits per heavy atom. The zero-order chi connectivity index (χ0) is 10.3. The lowest BCUT2D eigenvalue weighted by Crippen LogP contribution is -2.35. The molecule has 0 aromatic carbocycles. The third-order valence-corrected chi connectivity index (χ3v) is 2.77. The maximum Gasteiger partial charge on any atom is 0.223 e. The van der Waals surface area contributed by atoms with Crippen molar-refractivity contribution in [3.8, 4) is 0 Å². The van der Waals surface area contributed by atoms with Crippen LogP contribution in [-0.4, -0.2) is 30.0 Å². The van der Waals surface area contributed by atoms with Gasteiger partial charge in [-0.1, -0.05) is 6.92 Å². The van der Waals surface area contributed by atoms with Crippen molar-refractivity contribution in [2.24, 2.45) is 11.7 Å². The fourth-order valence-electron chi connectivity index (χ4n) is 0.846. The van der Waals surface area contributed by atoms with Gasteiger partial charge in [0, 0.05) is 30.0 Å². The number of nitrogens with two attached hydrogens (primary N) is 1. The molecule has 0 bridgehead atoms. The van der Waals surface area contributed by atoms with Crippen LogP contribution >= 0.6 is 11.8 Å². The van der Waals surface area contributed by atoms with Crippen LogP contribution in [0.2, 0.25) is 0 Å². The average molecular weight is 204 g/mol. The highest BCUT2D eigenvalue weighted by atomic mass is 32.2. The van der Waals surface area contributed by atoms with Crippen LogP contribution in [0.25, 0.3) is 0 Å². The van der Waals surface area contributed by atoms with Gasteiger partial charge in [-0.05, 0) is 13.8 Å². The number of hydrogen-bond donors (Lipinski definition) is 2. The molecule has 0 aliphatic carbocycles. The van der Waals surface area contributed by atoms with E-state index in [-0.39, 0.29) is 17.9 Å². The fraction of sp³-hybridized carbons (Fsp3) is 0.889. The minimum Gasteiger partial charge on any atom is -0.354 e. The molecule has 0 aromatic heterocycles. The number of carbonyl (C=O) groups excluding carboxylic acids is 1. The van der Waals surface area contributed by atoms with Gasteiger partial charge in [-0.3, -0.25) is 4.79 Å². The topological polar surface area (TPSA) is 55.1 Å². The van der Waals surface area contributed by atoms with Gasteiger partial charge in [0.2, 0.25) is 5.91 Å². The maximum absolute atomic E-state index is 11.4. The van der Waals surface area contributed by atoms with Crippen molar-refractivity contribution in [1.82, 2.24) is 5.32 Å². The standard InChI is InChI=1S/C9H20N2OS/c1-7(2)11-9(12)8(3)6-13-5-4-10/h7-8H,4-6,10H2,1-3H3,(H,11,12). The Morgan fingerprint density at radius 1 is 1.46 bits per heavy atom. The number of hydrogen-bond acceptors (Lipinski definition) is 3. The van der Waals surface area contributed by atoms with Crippen LogP contribution < -0.4 is 11.1 Å². The SMILES string of the molecule is CC(C)NC(=O)C(C)CSCCN. The van der Waals surface area contributed by atoms with Gasteiger partial charge in [0.15, 0.2) is 0 Å². The van der Waals surface area contributed by atoms with E-state index in [1.807, 2.05) is 20.8 Å². The van der Waals surface area contributed by atoms with Crippen molar-refractivity contribution in [3.05, 3.63) is 0 Å². The highest BCUT2D eigenvalue weighted by molar-refractivity contribution is 7.99. The van der Waals surface area contributed by atoms with E-state index >= 15 is 0 Å². The Bertz CT molecular complexity index is 151. The van der Waals surface area contributed by atoms with Gasteiger partial charge in [0.1, 0.15) is 0 Å². The van der Waals surface area contributed by atoms with E-state index in [1.54, 1.807) is 11.8 Å². The van der Waals surface area contributed by atoms with E-state index < -0.39 is 0 Å². The van der Waals surface area contributed by atoms with Crippen molar-refractivity contribution in [1.29, 1.82) is 0 Å². The summed E-state index contributed by atoms with van der Waals surface area (Å²) < 4.78 is 0. The van der Waals surface area contributed by atoms with Crippen LogP contribution in [0.5, 0.6) is 0 Å². The third-order valence-electron chi connectivity index (χ3n) is 1.51. The quantitative estimate of drug-likeness (QED) is 0.630. The normalized spacial score (nSPS) is 13.0. The number of nitrogens with one attached hydrogen (secondary N) is 1. The van der Waals surface area contributed by atoms with Gasteiger partial charge in [0.25, 0.3) is 0 Å². The van der Waals surface area contributed by atoms with Gasteiger partial charge >= 0.3 is 0 Å². The van der Waals surface area contributed by atoms with Crippen molar-refractivity contribution < 1.29 is 4.79 Å². The van der Waals surface area contributed by atoms with Gasteiger partial charge in [-0.15, -0.1) is 0 Å². The van der Waals surface area contributed by atoms with Gasteiger partial charge in [0.05, 0.1) is 0 Å². The lowest BCUT2D eigenvalue weighted by atomic mass is 10.2. The van der Waals surface area contributed by atoms with Crippen molar-refractivity contribution in [3.63, 3.8) is 0 Å². The Balaban J connectivity index is 3.57. The number of carbonyl (C=O) groups is 1. The molecule has 78 valence electrons. The molecule has 0 fully saturated rings. The summed E-state index contributed by atoms with van der Waals surface area (Å²) in [6.45, 7) is 6.57. The zero-order valence-electron chi connectivity index (χ0n) is 8.67. The molecular formula is C9H20N2OS. The Labute approximate surface area is 84.8 Å². The summed E-state index contributed by atoms with van der Waals surface area (Å²) >= 11 is 1.73. The molecule has 1 amide bonds. The Hall–Kier alpha value is -0.220. The fourth-order valence-corrected chi connectivity index (χ4v) is 1.68. The monoisotopic (exact) mass is 204 g/mol. The van der Waals surface area contributed by atoms with Gasteiger partial charge in [-0.25, -0.2) is 0 Å². The molecule has 3 N–H and O–H groups in total. The highest BCUT2D eigenvalue weighted by Gasteiger charge is 2.12. The summed E-state index contributed by atoms with van der Waals surface area (Å²) in [7, 11) is 0. The molecule has 4 heteroatoms. The predicted molar refractivity (Wildman–Crippen MR) is 58.8 cm³/mol. The molecule has 1 atom stereocenters. The van der Waals surface area contributed by atoms with E-state index in [1.165, 1.54) is 0 Å². The Morgan fingerprint density at radius 3 is 2.54 bits per heavy atom. The smallest absolute Gasteiger partial charge is 0.223 e. The van der Waals surface area contributed by atoms with E-state index in [0.717, 1.165) is 11.5 Å². The Kier molecular flexibility index (Phi) is 7.09. The zero-order valence-corrected chi connectivity index (χ0v) is 9.49. The average Bonchev–Trinajstić information content (AvgIpc) is 2.03. The molecular weight excluding hydrogens is 184 g/mol. The summed E-state index contributed by atoms with van der Waals surface area (Å²) in [5.41, 5.74) is 5.35. The molecule has 0 heterocycles. The van der Waals surface area contributed by atoms with Crippen molar-refractivity contribution >= 4 is 17.7 Å². The molecule has 0 aromatic rings. The second-order valence-electron chi connectivity index (χ2n) is 3.43. The largest absolute Gasteiger partial charge is 0.354 e. The van der Waals surface area contributed by atoms with Crippen LogP contribution in [-0.2, 0) is 4.79 Å². The van der Waals surface area contributed by atoms with Crippen molar-refractivity contribution in [2.75, 3.05) is 18.1 Å². The lowest BCUT2D eigenvalue weighted by molar-refractivity contribution is -0.124. The first-order valence-electron chi connectivity index (χ1n) is 4.66. The van der Waals surface area contributed by atoms with E-state index in [4.69, 9.17) is 5.73 Å². The first kappa shape index (κ1) is 12.8. The summed E-state index contributed by atoms with van der Waals surface area (Å²) in [5, 5.41) is 2.89. The molecule has 0 radical (unpaired) electrons. The summed E-state index contributed by atoms with van der Waals surface area (Å²) in [4.78, 5) is 11.4. The van der Waals surface area contributed by atoms with Crippen molar-refractivity contribution in [2.45, 2.75) is 26.8 Å². The molecule has 3 nitrogen and oxygen atoms in total. The maximum atomic E-state index is 11.4. The molecule has 0 saturated carbocycles. The minimum atomic E-state index is 0.0824. The second-order valence-corrected chi connectivity index (χ2v) is 4.58. The second kappa shape index (κ2) is 7.21. The van der Waals surface area contributed by atoms with Crippen LogP contribution in [0, 0.1) is 5.92 Å². The van der Waals surface area contributed by atoms with E-state index in [9.17, 15) is 4.79 Å². The van der Waals surface area contributed by atoms with Crippen LogP contribution in [0.15, 0.2) is 0 Å². The third kappa shape index (κ3) is 6.90. The lowest BCUT2D eigenvalue weighted by Gasteiger charge is -2.13. The molecule has 0 aliphatic heterocycles. The predicted octanol–water partition coefficient (Wildman–Crippen LogP) is 0.839. The van der Waals surface area contributed by atoms with E-state index in [2.05, 4.69) is 5.32 Å². The first-order chi connectivity index (χ1) is 6.07. The summed E-state index contributed by atoms with van der Waals surface area (Å²) in [6, 6.07) is 0.231. The highest BCUT2D eigenvalue weighted by Crippen LogP contribution is 2.07. The molecule has 0 rings (SSSR count). The van der Waals surface area contributed by atoms with E-state index in [0.29, 0.717) is 6.54 Å². The number of amides is 1. The summed E-state index contributed by atoms with van der Waals surface area (Å²) in [5.74, 6) is 2.01. The molecule has 13 heavy (non-hydrogen) atoms. The van der Waals surface area contributed by atoms with Crippen LogP contribution in [0.3, 0.4) is 0 Å². The van der Waals surface area contributed by atoms with Crippen LogP contribution in [0.4, 0.5) is 0 Å². The number of rotatable bonds is 6. The van der Waals surface area contributed by atoms with Gasteiger partial charge < -0.3 is 11.1 Å².